The van der Waals surface area contributed by atoms with E-state index in [0.29, 0.717) is 13.0 Å². The summed E-state index contributed by atoms with van der Waals surface area (Å²) in [5.74, 6) is -0.545. The first kappa shape index (κ1) is 18.9. The van der Waals surface area contributed by atoms with E-state index in [1.807, 2.05) is 0 Å². The molecule has 0 fully saturated rings. The topological polar surface area (TPSA) is 89.0 Å². The van der Waals surface area contributed by atoms with Crippen LogP contribution >= 0.6 is 11.6 Å². The number of nitrogens with one attached hydrogen (secondary N) is 1. The molecule has 0 aromatic carbocycles. The summed E-state index contributed by atoms with van der Waals surface area (Å²) in [6, 6.07) is 0. The van der Waals surface area contributed by atoms with Gasteiger partial charge in [0.05, 0.1) is 17.0 Å². The molecule has 0 saturated carbocycles. The van der Waals surface area contributed by atoms with Gasteiger partial charge in [-0.3, -0.25) is 4.79 Å². The number of allylic oxidation sites excluding steroid dienone is 1. The first-order chi connectivity index (χ1) is 11.4. The number of aromatic nitrogens is 2. The van der Waals surface area contributed by atoms with Gasteiger partial charge in [-0.25, -0.2) is 18.4 Å². The lowest BCUT2D eigenvalue weighted by Gasteiger charge is -2.13. The van der Waals surface area contributed by atoms with Crippen molar-refractivity contribution < 1.29 is 13.2 Å². The molecular weight excluding hydrogens is 350 g/mol. The molecule has 2 rings (SSSR count). The first-order valence-corrected chi connectivity index (χ1v) is 10.2. The van der Waals surface area contributed by atoms with Gasteiger partial charge in [-0.15, -0.1) is 0 Å². The molecule has 0 unspecified atom stereocenters. The number of halogens is 1. The fraction of sp³-hybridized carbons (Fsp3) is 0.562. The van der Waals surface area contributed by atoms with Crippen LogP contribution in [-0.2, 0) is 9.84 Å². The van der Waals surface area contributed by atoms with Gasteiger partial charge in [0, 0.05) is 6.54 Å². The van der Waals surface area contributed by atoms with Gasteiger partial charge in [0.2, 0.25) is 15.0 Å². The Hall–Kier alpha value is -1.47. The van der Waals surface area contributed by atoms with Crippen molar-refractivity contribution in [2.75, 3.05) is 12.3 Å². The van der Waals surface area contributed by atoms with Crippen LogP contribution in [-0.4, -0.2) is 36.6 Å². The maximum absolute atomic E-state index is 12.2. The van der Waals surface area contributed by atoms with Crippen molar-refractivity contribution in [2.24, 2.45) is 0 Å². The molecule has 0 aliphatic heterocycles. The van der Waals surface area contributed by atoms with Gasteiger partial charge in [0.25, 0.3) is 5.91 Å². The van der Waals surface area contributed by atoms with E-state index in [4.69, 9.17) is 11.6 Å². The summed E-state index contributed by atoms with van der Waals surface area (Å²) in [7, 11) is -3.59. The molecule has 6 nitrogen and oxygen atoms in total. The Bertz CT molecular complexity index is 732. The summed E-state index contributed by atoms with van der Waals surface area (Å²) in [5, 5.41) is 2.44. The van der Waals surface area contributed by atoms with E-state index >= 15 is 0 Å². The van der Waals surface area contributed by atoms with Crippen LogP contribution in [0.15, 0.2) is 23.0 Å². The number of carbonyl (C=O) groups is 1. The van der Waals surface area contributed by atoms with Crippen LogP contribution in [0.2, 0.25) is 5.02 Å². The van der Waals surface area contributed by atoms with Gasteiger partial charge < -0.3 is 5.32 Å². The predicted molar refractivity (Wildman–Crippen MR) is 92.9 cm³/mol. The summed E-state index contributed by atoms with van der Waals surface area (Å²) in [4.78, 5) is 19.9. The fourth-order valence-corrected chi connectivity index (χ4v) is 3.91. The second-order valence-electron chi connectivity index (χ2n) is 5.78. The standard InChI is InChI=1S/C16H22ClN3O3S/c1-2-10-24(22,23)16-19-11-13(17)14(20-16)15(21)18-9-8-12-6-4-3-5-7-12/h6,11H,2-5,7-10H2,1H3,(H,18,21). The Labute approximate surface area is 147 Å². The zero-order valence-electron chi connectivity index (χ0n) is 13.7. The zero-order chi connectivity index (χ0) is 17.6. The third kappa shape index (κ3) is 5.01. The number of amides is 1. The third-order valence-electron chi connectivity index (χ3n) is 3.80. The van der Waals surface area contributed by atoms with Crippen LogP contribution in [0.4, 0.5) is 0 Å². The summed E-state index contributed by atoms with van der Waals surface area (Å²) in [5.41, 5.74) is 1.25. The summed E-state index contributed by atoms with van der Waals surface area (Å²) in [6.07, 6.45) is 9.21. The molecular formula is C16H22ClN3O3S. The molecule has 1 heterocycles. The van der Waals surface area contributed by atoms with Crippen molar-refractivity contribution in [1.82, 2.24) is 15.3 Å². The molecule has 1 amide bonds. The molecule has 132 valence electrons. The van der Waals surface area contributed by atoms with Crippen molar-refractivity contribution in [1.29, 1.82) is 0 Å². The van der Waals surface area contributed by atoms with E-state index in [2.05, 4.69) is 21.4 Å². The highest BCUT2D eigenvalue weighted by Gasteiger charge is 2.21. The SMILES string of the molecule is CCCS(=O)(=O)c1ncc(Cl)c(C(=O)NCCC2=CCCCC2)n1. The number of carbonyl (C=O) groups excluding carboxylic acids is 1. The Balaban J connectivity index is 2.04. The minimum absolute atomic E-state index is 0.0415. The second-order valence-corrected chi connectivity index (χ2v) is 8.19. The molecule has 0 radical (unpaired) electrons. The smallest absolute Gasteiger partial charge is 0.271 e. The highest BCUT2D eigenvalue weighted by molar-refractivity contribution is 7.91. The van der Waals surface area contributed by atoms with Crippen LogP contribution in [0.3, 0.4) is 0 Å². The fourth-order valence-electron chi connectivity index (χ4n) is 2.57. The third-order valence-corrected chi connectivity index (χ3v) is 5.78. The molecule has 0 atom stereocenters. The molecule has 1 aliphatic carbocycles. The predicted octanol–water partition coefficient (Wildman–Crippen LogP) is 2.93. The molecule has 1 aliphatic rings. The largest absolute Gasteiger partial charge is 0.350 e. The Morgan fingerprint density at radius 1 is 1.38 bits per heavy atom. The molecule has 0 spiro atoms. The van der Waals surface area contributed by atoms with Gasteiger partial charge in [-0.05, 0) is 38.5 Å². The number of sulfone groups is 1. The summed E-state index contributed by atoms with van der Waals surface area (Å²) >= 11 is 5.95. The second kappa shape index (κ2) is 8.58. The van der Waals surface area contributed by atoms with Crippen molar-refractivity contribution >= 4 is 27.3 Å². The first-order valence-electron chi connectivity index (χ1n) is 8.15. The van der Waals surface area contributed by atoms with E-state index in [9.17, 15) is 13.2 Å². The number of nitrogens with zero attached hydrogens (tertiary/aromatic N) is 2. The highest BCUT2D eigenvalue weighted by atomic mass is 35.5. The molecule has 1 aromatic rings. The maximum atomic E-state index is 12.2. The number of hydrogen-bond acceptors (Lipinski definition) is 5. The molecule has 0 saturated heterocycles. The van der Waals surface area contributed by atoms with E-state index in [-0.39, 0.29) is 21.6 Å². The maximum Gasteiger partial charge on any atom is 0.271 e. The average molecular weight is 372 g/mol. The quantitative estimate of drug-likeness (QED) is 0.588. The van der Waals surface area contributed by atoms with Crippen molar-refractivity contribution in [3.05, 3.63) is 28.6 Å². The average Bonchev–Trinajstić information content (AvgIpc) is 2.56. The van der Waals surface area contributed by atoms with E-state index in [1.54, 1.807) is 6.92 Å². The molecule has 1 N–H and O–H groups in total. The lowest BCUT2D eigenvalue weighted by molar-refractivity contribution is 0.0948. The summed E-state index contributed by atoms with van der Waals surface area (Å²) < 4.78 is 24.1. The Morgan fingerprint density at radius 2 is 2.17 bits per heavy atom. The lowest BCUT2D eigenvalue weighted by Crippen LogP contribution is -2.27. The van der Waals surface area contributed by atoms with E-state index in [1.165, 1.54) is 18.4 Å². The van der Waals surface area contributed by atoms with Crippen LogP contribution in [0, 0.1) is 0 Å². The number of rotatable bonds is 7. The van der Waals surface area contributed by atoms with Crippen molar-refractivity contribution in [3.8, 4) is 0 Å². The van der Waals surface area contributed by atoms with Gasteiger partial charge in [-0.1, -0.05) is 30.2 Å². The Morgan fingerprint density at radius 3 is 2.83 bits per heavy atom. The van der Waals surface area contributed by atoms with E-state index in [0.717, 1.165) is 25.5 Å². The van der Waals surface area contributed by atoms with E-state index < -0.39 is 15.7 Å². The van der Waals surface area contributed by atoms with Gasteiger partial charge in [0.1, 0.15) is 0 Å². The van der Waals surface area contributed by atoms with Gasteiger partial charge in [0.15, 0.2) is 5.69 Å². The van der Waals surface area contributed by atoms with Crippen molar-refractivity contribution in [3.63, 3.8) is 0 Å². The van der Waals surface area contributed by atoms with Gasteiger partial charge in [-0.2, -0.15) is 0 Å². The Kier molecular flexibility index (Phi) is 6.74. The summed E-state index contributed by atoms with van der Waals surface area (Å²) in [6.45, 7) is 2.23. The van der Waals surface area contributed by atoms with Crippen LogP contribution in [0.5, 0.6) is 0 Å². The lowest BCUT2D eigenvalue weighted by atomic mass is 9.97. The van der Waals surface area contributed by atoms with Crippen molar-refractivity contribution in [2.45, 2.75) is 50.6 Å². The monoisotopic (exact) mass is 371 g/mol. The zero-order valence-corrected chi connectivity index (χ0v) is 15.3. The molecule has 0 bridgehead atoms. The minimum Gasteiger partial charge on any atom is -0.350 e. The molecule has 24 heavy (non-hydrogen) atoms. The van der Waals surface area contributed by atoms with Crippen LogP contribution in [0.25, 0.3) is 0 Å². The number of hydrogen-bond donors (Lipinski definition) is 1. The molecule has 1 aromatic heterocycles. The normalized spacial score (nSPS) is 15.0. The van der Waals surface area contributed by atoms with Crippen LogP contribution in [0.1, 0.15) is 55.9 Å². The van der Waals surface area contributed by atoms with Crippen LogP contribution < -0.4 is 5.32 Å². The minimum atomic E-state index is -3.59. The molecule has 8 heteroatoms. The highest BCUT2D eigenvalue weighted by Crippen LogP contribution is 2.20. The van der Waals surface area contributed by atoms with Gasteiger partial charge >= 0.3 is 0 Å².